The summed E-state index contributed by atoms with van der Waals surface area (Å²) in [6.07, 6.45) is 6.80. The van der Waals surface area contributed by atoms with Gasteiger partial charge in [0.15, 0.2) is 8.32 Å². The van der Waals surface area contributed by atoms with E-state index in [1.165, 1.54) is 0 Å². The highest BCUT2D eigenvalue weighted by Gasteiger charge is 2.40. The lowest BCUT2D eigenvalue weighted by atomic mass is 10.1. The fraction of sp³-hybridized carbons (Fsp3) is 0.882. The van der Waals surface area contributed by atoms with Crippen molar-refractivity contribution in [1.29, 1.82) is 0 Å². The number of methoxy groups -OCH3 is 1. The maximum Gasteiger partial charge on any atom is 0.192 e. The molecule has 130 valence electrons. The Hall–Kier alpha value is -0.383. The molecule has 2 atom stereocenters. The third-order valence-electron chi connectivity index (χ3n) is 4.19. The molecule has 0 spiro atoms. The first-order valence-corrected chi connectivity index (χ1v) is 10.9. The zero-order valence-electron chi connectivity index (χ0n) is 15.4. The van der Waals surface area contributed by atoms with E-state index in [1.807, 2.05) is 0 Å². The molecule has 4 nitrogen and oxygen atoms in total. The zero-order valence-corrected chi connectivity index (χ0v) is 16.4. The van der Waals surface area contributed by atoms with Crippen LogP contribution < -0.4 is 0 Å². The third-order valence-corrected chi connectivity index (χ3v) is 8.69. The Bertz CT molecular complexity index is 331. The standard InChI is InChI=1S/C17H34O4Si/c1-9-11-16(21-22(7,8)17(3,4)5)15(10-2)20-14-19-13-12-18-6/h1,15-16H,10-14H2,2-8H3/t15-,16-/m0/s1. The van der Waals surface area contributed by atoms with Crippen molar-refractivity contribution in [2.45, 2.75) is 70.9 Å². The van der Waals surface area contributed by atoms with Gasteiger partial charge in [0.1, 0.15) is 6.79 Å². The fourth-order valence-electron chi connectivity index (χ4n) is 1.75. The molecular weight excluding hydrogens is 296 g/mol. The smallest absolute Gasteiger partial charge is 0.192 e. The van der Waals surface area contributed by atoms with Gasteiger partial charge in [-0.25, -0.2) is 0 Å². The average Bonchev–Trinajstić information content (AvgIpc) is 2.41. The van der Waals surface area contributed by atoms with Crippen LogP contribution in [0.25, 0.3) is 0 Å². The van der Waals surface area contributed by atoms with Crippen molar-refractivity contribution in [3.63, 3.8) is 0 Å². The van der Waals surface area contributed by atoms with Crippen LogP contribution in [0.1, 0.15) is 40.5 Å². The summed E-state index contributed by atoms with van der Waals surface area (Å²) < 4.78 is 22.6. The molecule has 22 heavy (non-hydrogen) atoms. The van der Waals surface area contributed by atoms with Gasteiger partial charge in [-0.1, -0.05) is 27.7 Å². The Balaban J connectivity index is 4.64. The minimum atomic E-state index is -1.88. The van der Waals surface area contributed by atoms with Crippen molar-refractivity contribution in [3.05, 3.63) is 0 Å². The molecule has 0 aromatic rings. The highest BCUT2D eigenvalue weighted by molar-refractivity contribution is 6.74. The Morgan fingerprint density at radius 3 is 2.23 bits per heavy atom. The fourth-order valence-corrected chi connectivity index (χ4v) is 3.09. The monoisotopic (exact) mass is 330 g/mol. The van der Waals surface area contributed by atoms with Crippen LogP contribution in [0.4, 0.5) is 0 Å². The highest BCUT2D eigenvalue weighted by atomic mass is 28.4. The van der Waals surface area contributed by atoms with Crippen molar-refractivity contribution in [2.75, 3.05) is 27.1 Å². The van der Waals surface area contributed by atoms with Crippen LogP contribution in [0.15, 0.2) is 0 Å². The predicted molar refractivity (Wildman–Crippen MR) is 93.4 cm³/mol. The number of hydrogen-bond donors (Lipinski definition) is 0. The summed E-state index contributed by atoms with van der Waals surface area (Å²) >= 11 is 0. The van der Waals surface area contributed by atoms with E-state index < -0.39 is 8.32 Å². The van der Waals surface area contributed by atoms with Gasteiger partial charge in [-0.15, -0.1) is 12.3 Å². The van der Waals surface area contributed by atoms with E-state index in [2.05, 4.69) is 46.7 Å². The first kappa shape index (κ1) is 21.6. The second-order valence-corrected chi connectivity index (χ2v) is 11.7. The molecule has 0 amide bonds. The van der Waals surface area contributed by atoms with Crippen LogP contribution >= 0.6 is 0 Å². The van der Waals surface area contributed by atoms with Gasteiger partial charge in [-0.05, 0) is 24.6 Å². The Morgan fingerprint density at radius 2 is 1.77 bits per heavy atom. The maximum absolute atomic E-state index is 6.47. The summed E-state index contributed by atoms with van der Waals surface area (Å²) in [4.78, 5) is 0. The number of terminal acetylenes is 1. The van der Waals surface area contributed by atoms with Gasteiger partial charge in [-0.3, -0.25) is 0 Å². The van der Waals surface area contributed by atoms with Crippen molar-refractivity contribution in [2.24, 2.45) is 0 Å². The van der Waals surface area contributed by atoms with E-state index in [0.29, 0.717) is 19.6 Å². The van der Waals surface area contributed by atoms with Crippen LogP contribution in [-0.2, 0) is 18.6 Å². The molecule has 0 aliphatic heterocycles. The summed E-state index contributed by atoms with van der Waals surface area (Å²) in [6.45, 7) is 14.6. The van der Waals surface area contributed by atoms with Crippen molar-refractivity contribution < 1.29 is 18.6 Å². The van der Waals surface area contributed by atoms with Crippen LogP contribution in [-0.4, -0.2) is 47.6 Å². The summed E-state index contributed by atoms with van der Waals surface area (Å²) in [7, 11) is -0.233. The topological polar surface area (TPSA) is 36.9 Å². The molecule has 0 aliphatic carbocycles. The van der Waals surface area contributed by atoms with E-state index >= 15 is 0 Å². The Kier molecular flexibility index (Phi) is 10.2. The first-order valence-electron chi connectivity index (χ1n) is 7.99. The predicted octanol–water partition coefficient (Wildman–Crippen LogP) is 3.82. The lowest BCUT2D eigenvalue weighted by Crippen LogP contribution is -2.47. The van der Waals surface area contributed by atoms with Crippen LogP contribution in [0.2, 0.25) is 18.1 Å². The van der Waals surface area contributed by atoms with Gasteiger partial charge in [0.25, 0.3) is 0 Å². The first-order chi connectivity index (χ1) is 10.2. The molecule has 0 aromatic carbocycles. The lowest BCUT2D eigenvalue weighted by molar-refractivity contribution is -0.126. The van der Waals surface area contributed by atoms with Crippen molar-refractivity contribution in [3.8, 4) is 12.3 Å². The highest BCUT2D eigenvalue weighted by Crippen LogP contribution is 2.38. The molecule has 0 aliphatic rings. The molecular formula is C17H34O4Si. The van der Waals surface area contributed by atoms with Gasteiger partial charge in [0.05, 0.1) is 25.4 Å². The van der Waals surface area contributed by atoms with Crippen LogP contribution in [0.3, 0.4) is 0 Å². The summed E-state index contributed by atoms with van der Waals surface area (Å²) in [5.74, 6) is 2.72. The SMILES string of the molecule is C#CC[C@H](O[Si](C)(C)C(C)(C)C)[C@H](CC)OCOCCOC. The molecule has 0 unspecified atom stereocenters. The summed E-state index contributed by atoms with van der Waals surface area (Å²) in [5, 5.41) is 0.146. The molecule has 0 rings (SSSR count). The largest absolute Gasteiger partial charge is 0.410 e. The number of hydrogen-bond acceptors (Lipinski definition) is 4. The Labute approximate surface area is 138 Å². The normalized spacial score (nSPS) is 15.4. The van der Waals surface area contributed by atoms with E-state index in [4.69, 9.17) is 25.1 Å². The van der Waals surface area contributed by atoms with Gasteiger partial charge in [0, 0.05) is 13.5 Å². The van der Waals surface area contributed by atoms with Crippen LogP contribution in [0.5, 0.6) is 0 Å². The third kappa shape index (κ3) is 7.75. The summed E-state index contributed by atoms with van der Waals surface area (Å²) in [5.41, 5.74) is 0. The quantitative estimate of drug-likeness (QED) is 0.250. The molecule has 0 heterocycles. The van der Waals surface area contributed by atoms with Crippen molar-refractivity contribution in [1.82, 2.24) is 0 Å². The number of ether oxygens (including phenoxy) is 3. The minimum Gasteiger partial charge on any atom is -0.410 e. The molecule has 0 saturated heterocycles. The van der Waals surface area contributed by atoms with Gasteiger partial charge >= 0.3 is 0 Å². The molecule has 0 aromatic heterocycles. The molecule has 0 radical (unpaired) electrons. The number of rotatable bonds is 11. The van der Waals surface area contributed by atoms with E-state index in [0.717, 1.165) is 6.42 Å². The summed E-state index contributed by atoms with van der Waals surface area (Å²) in [6, 6.07) is 0. The van der Waals surface area contributed by atoms with E-state index in [-0.39, 0.29) is 24.0 Å². The van der Waals surface area contributed by atoms with E-state index in [9.17, 15) is 0 Å². The Morgan fingerprint density at radius 1 is 1.14 bits per heavy atom. The minimum absolute atomic E-state index is 0.0484. The lowest BCUT2D eigenvalue weighted by Gasteiger charge is -2.40. The second-order valence-electron chi connectivity index (χ2n) is 6.96. The maximum atomic E-state index is 6.47. The van der Waals surface area contributed by atoms with E-state index in [1.54, 1.807) is 7.11 Å². The molecule has 0 bridgehead atoms. The molecule has 0 N–H and O–H groups in total. The molecule has 5 heteroatoms. The van der Waals surface area contributed by atoms with Gasteiger partial charge in [0.2, 0.25) is 0 Å². The second kappa shape index (κ2) is 10.4. The van der Waals surface area contributed by atoms with Gasteiger partial charge < -0.3 is 18.6 Å². The molecule has 0 saturated carbocycles. The van der Waals surface area contributed by atoms with Crippen molar-refractivity contribution >= 4 is 8.32 Å². The molecule has 0 fully saturated rings. The van der Waals surface area contributed by atoms with Crippen LogP contribution in [0, 0.1) is 12.3 Å². The van der Waals surface area contributed by atoms with Gasteiger partial charge in [-0.2, -0.15) is 0 Å². The zero-order chi connectivity index (χ0) is 17.2. The average molecular weight is 331 g/mol.